The Bertz CT molecular complexity index is 708. The highest BCUT2D eigenvalue weighted by Crippen LogP contribution is 2.30. The van der Waals surface area contributed by atoms with Gasteiger partial charge in [-0.15, -0.1) is 0 Å². The summed E-state index contributed by atoms with van der Waals surface area (Å²) in [6.45, 7) is 6.01. The van der Waals surface area contributed by atoms with Crippen LogP contribution in [0, 0.1) is 5.82 Å². The van der Waals surface area contributed by atoms with Gasteiger partial charge >= 0.3 is 0 Å². The van der Waals surface area contributed by atoms with Crippen LogP contribution in [0.3, 0.4) is 0 Å². The van der Waals surface area contributed by atoms with Crippen molar-refractivity contribution in [2.45, 2.75) is 19.5 Å². The summed E-state index contributed by atoms with van der Waals surface area (Å²) in [5, 5.41) is 3.41. The van der Waals surface area contributed by atoms with Crippen LogP contribution in [0.2, 0.25) is 0 Å². The van der Waals surface area contributed by atoms with Crippen LogP contribution in [0.15, 0.2) is 42.5 Å². The smallest absolute Gasteiger partial charge is 0.161 e. The molecule has 0 aliphatic carbocycles. The van der Waals surface area contributed by atoms with Gasteiger partial charge in [0.15, 0.2) is 11.5 Å². The Hall–Kier alpha value is -2.11. The number of nitrogens with zero attached hydrogens (tertiary/aromatic N) is 1. The van der Waals surface area contributed by atoms with E-state index in [2.05, 4.69) is 16.3 Å². The Balaban J connectivity index is 1.80. The van der Waals surface area contributed by atoms with E-state index in [0.29, 0.717) is 6.61 Å². The van der Waals surface area contributed by atoms with Crippen molar-refractivity contribution in [1.82, 2.24) is 10.2 Å². The lowest BCUT2D eigenvalue weighted by Gasteiger charge is -2.36. The van der Waals surface area contributed by atoms with Gasteiger partial charge in [-0.2, -0.15) is 0 Å². The highest BCUT2D eigenvalue weighted by molar-refractivity contribution is 5.43. The average Bonchev–Trinajstić information content (AvgIpc) is 2.63. The maximum absolute atomic E-state index is 13.6. The molecule has 4 nitrogen and oxygen atoms in total. The highest BCUT2D eigenvalue weighted by Gasteiger charge is 2.24. The zero-order valence-electron chi connectivity index (χ0n) is 14.8. The first-order valence-electron chi connectivity index (χ1n) is 8.71. The molecule has 1 unspecified atom stereocenters. The maximum Gasteiger partial charge on any atom is 0.161 e. The second-order valence-electron chi connectivity index (χ2n) is 6.16. The Labute approximate surface area is 148 Å². The number of hydrogen-bond acceptors (Lipinski definition) is 4. The summed E-state index contributed by atoms with van der Waals surface area (Å²) < 4.78 is 24.7. The zero-order chi connectivity index (χ0) is 17.6. The zero-order valence-corrected chi connectivity index (χ0v) is 14.8. The SMILES string of the molecule is CCOc1ccc(CN2CCNCC2c2cccc(F)c2)cc1OC. The van der Waals surface area contributed by atoms with Crippen molar-refractivity contribution in [3.63, 3.8) is 0 Å². The number of nitrogens with one attached hydrogen (secondary N) is 1. The Morgan fingerprint density at radius 3 is 2.84 bits per heavy atom. The molecule has 2 aromatic rings. The largest absolute Gasteiger partial charge is 0.493 e. The van der Waals surface area contributed by atoms with Crippen LogP contribution in [0.4, 0.5) is 4.39 Å². The van der Waals surface area contributed by atoms with Gasteiger partial charge in [0.05, 0.1) is 13.7 Å². The van der Waals surface area contributed by atoms with E-state index in [-0.39, 0.29) is 11.9 Å². The number of ether oxygens (including phenoxy) is 2. The Morgan fingerprint density at radius 2 is 2.08 bits per heavy atom. The van der Waals surface area contributed by atoms with E-state index < -0.39 is 0 Å². The predicted octanol–water partition coefficient (Wildman–Crippen LogP) is 3.38. The summed E-state index contributed by atoms with van der Waals surface area (Å²) in [5.74, 6) is 1.32. The van der Waals surface area contributed by atoms with Crippen LogP contribution in [0.1, 0.15) is 24.1 Å². The molecule has 1 saturated heterocycles. The summed E-state index contributed by atoms with van der Waals surface area (Å²) in [5.41, 5.74) is 2.16. The van der Waals surface area contributed by atoms with Gasteiger partial charge in [0.25, 0.3) is 0 Å². The minimum Gasteiger partial charge on any atom is -0.493 e. The van der Waals surface area contributed by atoms with E-state index in [4.69, 9.17) is 9.47 Å². The lowest BCUT2D eigenvalue weighted by molar-refractivity contribution is 0.153. The monoisotopic (exact) mass is 344 g/mol. The van der Waals surface area contributed by atoms with E-state index >= 15 is 0 Å². The molecule has 2 aromatic carbocycles. The standard InChI is InChI=1S/C20H25FN2O2/c1-3-25-19-8-7-15(11-20(19)24-2)14-23-10-9-22-13-18(23)16-5-4-6-17(21)12-16/h4-8,11-12,18,22H,3,9-10,13-14H2,1-2H3. The molecule has 1 heterocycles. The van der Waals surface area contributed by atoms with Gasteiger partial charge in [0.2, 0.25) is 0 Å². The molecule has 1 N–H and O–H groups in total. The Kier molecular flexibility index (Phi) is 5.89. The molecule has 25 heavy (non-hydrogen) atoms. The fourth-order valence-electron chi connectivity index (χ4n) is 3.30. The molecular formula is C20H25FN2O2. The van der Waals surface area contributed by atoms with Crippen LogP contribution in [0.5, 0.6) is 11.5 Å². The summed E-state index contributed by atoms with van der Waals surface area (Å²) in [7, 11) is 1.65. The predicted molar refractivity (Wildman–Crippen MR) is 96.6 cm³/mol. The van der Waals surface area contributed by atoms with Gasteiger partial charge in [-0.3, -0.25) is 4.90 Å². The van der Waals surface area contributed by atoms with E-state index in [1.54, 1.807) is 19.2 Å². The third-order valence-corrected chi connectivity index (χ3v) is 4.50. The van der Waals surface area contributed by atoms with E-state index in [9.17, 15) is 4.39 Å². The molecule has 3 rings (SSSR count). The minimum absolute atomic E-state index is 0.155. The second kappa shape index (κ2) is 8.32. The molecular weight excluding hydrogens is 319 g/mol. The average molecular weight is 344 g/mol. The molecule has 134 valence electrons. The van der Waals surface area contributed by atoms with Crippen molar-refractivity contribution < 1.29 is 13.9 Å². The topological polar surface area (TPSA) is 33.7 Å². The van der Waals surface area contributed by atoms with Crippen molar-refractivity contribution in [2.24, 2.45) is 0 Å². The second-order valence-corrected chi connectivity index (χ2v) is 6.16. The molecule has 1 fully saturated rings. The van der Waals surface area contributed by atoms with Crippen LogP contribution in [-0.2, 0) is 6.54 Å². The molecule has 0 bridgehead atoms. The van der Waals surface area contributed by atoms with Crippen molar-refractivity contribution in [1.29, 1.82) is 0 Å². The third kappa shape index (κ3) is 4.30. The molecule has 0 radical (unpaired) electrons. The lowest BCUT2D eigenvalue weighted by atomic mass is 10.0. The fraction of sp³-hybridized carbons (Fsp3) is 0.400. The number of methoxy groups -OCH3 is 1. The van der Waals surface area contributed by atoms with Gasteiger partial charge in [-0.05, 0) is 42.3 Å². The molecule has 0 saturated carbocycles. The van der Waals surface area contributed by atoms with Crippen molar-refractivity contribution >= 4 is 0 Å². The van der Waals surface area contributed by atoms with Crippen LogP contribution >= 0.6 is 0 Å². The molecule has 1 aliphatic heterocycles. The molecule has 5 heteroatoms. The van der Waals surface area contributed by atoms with Crippen LogP contribution in [0.25, 0.3) is 0 Å². The molecule has 0 aromatic heterocycles. The van der Waals surface area contributed by atoms with Gasteiger partial charge in [-0.1, -0.05) is 18.2 Å². The number of halogens is 1. The number of hydrogen-bond donors (Lipinski definition) is 1. The summed E-state index contributed by atoms with van der Waals surface area (Å²) in [4.78, 5) is 2.38. The van der Waals surface area contributed by atoms with Crippen molar-refractivity contribution in [3.8, 4) is 11.5 Å². The van der Waals surface area contributed by atoms with Crippen molar-refractivity contribution in [3.05, 3.63) is 59.4 Å². The first-order valence-corrected chi connectivity index (χ1v) is 8.71. The summed E-state index contributed by atoms with van der Waals surface area (Å²) in [6.07, 6.45) is 0. The number of piperazine rings is 1. The third-order valence-electron chi connectivity index (χ3n) is 4.50. The van der Waals surface area contributed by atoms with Crippen LogP contribution < -0.4 is 14.8 Å². The molecule has 0 amide bonds. The number of rotatable bonds is 6. The Morgan fingerprint density at radius 1 is 1.20 bits per heavy atom. The van der Waals surface area contributed by atoms with E-state index in [1.165, 1.54) is 6.07 Å². The van der Waals surface area contributed by atoms with Crippen molar-refractivity contribution in [2.75, 3.05) is 33.4 Å². The molecule has 1 atom stereocenters. The number of benzene rings is 2. The van der Waals surface area contributed by atoms with Gasteiger partial charge in [0.1, 0.15) is 5.82 Å². The van der Waals surface area contributed by atoms with E-state index in [1.807, 2.05) is 25.1 Å². The van der Waals surface area contributed by atoms with E-state index in [0.717, 1.165) is 48.8 Å². The normalized spacial score (nSPS) is 18.1. The quantitative estimate of drug-likeness (QED) is 0.871. The highest BCUT2D eigenvalue weighted by atomic mass is 19.1. The molecule has 0 spiro atoms. The lowest BCUT2D eigenvalue weighted by Crippen LogP contribution is -2.45. The first-order chi connectivity index (χ1) is 12.2. The first kappa shape index (κ1) is 17.7. The van der Waals surface area contributed by atoms with Gasteiger partial charge < -0.3 is 14.8 Å². The summed E-state index contributed by atoms with van der Waals surface area (Å²) >= 11 is 0. The minimum atomic E-state index is -0.189. The fourth-order valence-corrected chi connectivity index (χ4v) is 3.30. The van der Waals surface area contributed by atoms with Gasteiger partial charge in [-0.25, -0.2) is 4.39 Å². The van der Waals surface area contributed by atoms with Gasteiger partial charge in [0, 0.05) is 32.2 Å². The van der Waals surface area contributed by atoms with Crippen LogP contribution in [-0.4, -0.2) is 38.3 Å². The molecule has 1 aliphatic rings. The summed E-state index contributed by atoms with van der Waals surface area (Å²) in [6, 6.07) is 13.1. The maximum atomic E-state index is 13.6.